The number of hydrogen-bond donors (Lipinski definition) is 1. The normalized spacial score (nSPS) is 26.1. The van der Waals surface area contributed by atoms with Gasteiger partial charge < -0.3 is 29.4 Å². The second-order valence-electron chi connectivity index (χ2n) is 14.6. The van der Waals surface area contributed by atoms with Crippen molar-refractivity contribution in [3.63, 3.8) is 0 Å². The standard InChI is InChI=1S/C35H43N7O4S/c1-38-33-27(13-24(15-31(33)46-2)35(43)42-18-23-6-8-28(42)32(23)36)37-34(38)30-14-22-5-7-25(16-29(22)41(30)17-21-3-4-21)40-19-26(20-40)39-9-11-47(44,45)12-10-39/h5,7,13-16,21,23,26,28,32H,3-4,6,8-12,17-20,36H2,1-2H3/t23?,28?,32-/m1/s1. The van der Waals surface area contributed by atoms with E-state index in [1.165, 1.54) is 29.4 Å². The lowest BCUT2D eigenvalue weighted by atomic mass is 10.0. The van der Waals surface area contributed by atoms with Gasteiger partial charge in [0.05, 0.1) is 35.3 Å². The molecule has 0 radical (unpaired) electrons. The van der Waals surface area contributed by atoms with Crippen LogP contribution in [0, 0.1) is 11.8 Å². The monoisotopic (exact) mass is 657 g/mol. The fourth-order valence-corrected chi connectivity index (χ4v) is 9.86. The number of benzene rings is 2. The van der Waals surface area contributed by atoms with Gasteiger partial charge in [-0.3, -0.25) is 9.69 Å². The molecule has 1 amide bonds. The first-order valence-electron chi connectivity index (χ1n) is 17.1. The number of aryl methyl sites for hydroxylation is 1. The summed E-state index contributed by atoms with van der Waals surface area (Å²) in [4.78, 5) is 25.6. The molecule has 4 aromatic rings. The number of methoxy groups -OCH3 is 1. The van der Waals surface area contributed by atoms with E-state index in [1.54, 1.807) is 7.11 Å². The van der Waals surface area contributed by atoms with Gasteiger partial charge >= 0.3 is 0 Å². The molecule has 2 aromatic heterocycles. The number of anilines is 1. The van der Waals surface area contributed by atoms with Crippen molar-refractivity contribution in [1.29, 1.82) is 0 Å². The van der Waals surface area contributed by atoms with Gasteiger partial charge in [0.15, 0.2) is 15.7 Å². The predicted octanol–water partition coefficient (Wildman–Crippen LogP) is 3.09. The Labute approximate surface area is 275 Å². The Morgan fingerprint density at radius 1 is 1.02 bits per heavy atom. The fraction of sp³-hybridized carbons (Fsp3) is 0.543. The smallest absolute Gasteiger partial charge is 0.254 e. The zero-order chi connectivity index (χ0) is 32.2. The number of carbonyl (C=O) groups excluding carboxylic acids is 1. The first-order valence-corrected chi connectivity index (χ1v) is 18.9. The zero-order valence-electron chi connectivity index (χ0n) is 27.1. The Balaban J connectivity index is 1.04. The van der Waals surface area contributed by atoms with Gasteiger partial charge in [-0.1, -0.05) is 6.07 Å². The van der Waals surface area contributed by atoms with E-state index in [1.807, 2.05) is 24.1 Å². The first kappa shape index (κ1) is 29.5. The third-order valence-corrected chi connectivity index (χ3v) is 13.3. The molecule has 248 valence electrons. The van der Waals surface area contributed by atoms with Crippen LogP contribution in [-0.4, -0.2) is 108 Å². The number of rotatable bonds is 7. The summed E-state index contributed by atoms with van der Waals surface area (Å²) in [7, 11) is 0.811. The minimum absolute atomic E-state index is 0.00832. The van der Waals surface area contributed by atoms with Crippen LogP contribution in [0.2, 0.25) is 0 Å². The summed E-state index contributed by atoms with van der Waals surface area (Å²) in [5.41, 5.74) is 12.1. The number of nitrogens with zero attached hydrogens (tertiary/aromatic N) is 6. The van der Waals surface area contributed by atoms with Crippen molar-refractivity contribution in [3.8, 4) is 17.3 Å². The van der Waals surface area contributed by atoms with E-state index in [0.29, 0.717) is 42.3 Å². The second kappa shape index (κ2) is 10.7. The molecular formula is C35H43N7O4S. The maximum absolute atomic E-state index is 13.8. The van der Waals surface area contributed by atoms with Crippen molar-refractivity contribution < 1.29 is 17.9 Å². The largest absolute Gasteiger partial charge is 0.494 e. The van der Waals surface area contributed by atoms with Gasteiger partial charge in [-0.15, -0.1) is 0 Å². The molecule has 11 nitrogen and oxygen atoms in total. The maximum atomic E-state index is 13.8. The van der Waals surface area contributed by atoms with Crippen molar-refractivity contribution in [2.45, 2.75) is 50.4 Å². The Morgan fingerprint density at radius 2 is 1.81 bits per heavy atom. The molecular weight excluding hydrogens is 614 g/mol. The molecule has 3 aliphatic heterocycles. The lowest BCUT2D eigenvalue weighted by Gasteiger charge is -2.47. The molecule has 2 aromatic carbocycles. The van der Waals surface area contributed by atoms with Crippen LogP contribution in [-0.2, 0) is 23.4 Å². The minimum Gasteiger partial charge on any atom is -0.494 e. The highest BCUT2D eigenvalue weighted by atomic mass is 32.2. The highest BCUT2D eigenvalue weighted by Crippen LogP contribution is 2.41. The molecule has 5 fully saturated rings. The Kier molecular flexibility index (Phi) is 6.72. The summed E-state index contributed by atoms with van der Waals surface area (Å²) >= 11 is 0. The van der Waals surface area contributed by atoms with Crippen LogP contribution < -0.4 is 15.4 Å². The van der Waals surface area contributed by atoms with E-state index >= 15 is 0 Å². The molecule has 47 heavy (non-hydrogen) atoms. The van der Waals surface area contributed by atoms with Crippen LogP contribution in [0.5, 0.6) is 5.75 Å². The number of piperidine rings is 1. The van der Waals surface area contributed by atoms with E-state index in [4.69, 9.17) is 15.5 Å². The third kappa shape index (κ3) is 4.85. The number of likely N-dealkylation sites (tertiary alicyclic amines) is 1. The maximum Gasteiger partial charge on any atom is 0.254 e. The zero-order valence-corrected chi connectivity index (χ0v) is 28.0. The number of aromatic nitrogens is 3. The number of carbonyl (C=O) groups is 1. The van der Waals surface area contributed by atoms with Gasteiger partial charge in [-0.2, -0.15) is 0 Å². The number of fused-ring (bicyclic) bond motifs is 4. The van der Waals surface area contributed by atoms with Gasteiger partial charge in [0, 0.05) is 81.1 Å². The molecule has 3 atom stereocenters. The molecule has 2 aliphatic carbocycles. The summed E-state index contributed by atoms with van der Waals surface area (Å²) in [5.74, 6) is 3.10. The van der Waals surface area contributed by atoms with Crippen molar-refractivity contribution in [1.82, 2.24) is 23.9 Å². The highest BCUT2D eigenvalue weighted by molar-refractivity contribution is 7.91. The van der Waals surface area contributed by atoms with Crippen molar-refractivity contribution in [2.24, 2.45) is 24.6 Å². The highest BCUT2D eigenvalue weighted by Gasteiger charge is 2.47. The summed E-state index contributed by atoms with van der Waals surface area (Å²) in [6.07, 6.45) is 4.55. The SMILES string of the molecule is COc1cc(C(=O)N2CC3CCC2[C@@H]3N)cc2nc(-c3cc4ccc(N5CC(N6CCS(=O)(=O)CC6)C5)cc4n3CC3CC3)n(C)c12. The molecule has 2 unspecified atom stereocenters. The van der Waals surface area contributed by atoms with E-state index in [-0.39, 0.29) is 29.5 Å². The van der Waals surface area contributed by atoms with Crippen LogP contribution in [0.4, 0.5) is 5.69 Å². The quantitative estimate of drug-likeness (QED) is 0.322. The fourth-order valence-electron chi connectivity index (χ4n) is 8.64. The lowest BCUT2D eigenvalue weighted by molar-refractivity contribution is 0.0700. The first-order chi connectivity index (χ1) is 22.7. The van der Waals surface area contributed by atoms with Crippen molar-refractivity contribution in [2.75, 3.05) is 56.2 Å². The predicted molar refractivity (Wildman–Crippen MR) is 183 cm³/mol. The molecule has 5 aliphatic rings. The lowest BCUT2D eigenvalue weighted by Crippen LogP contribution is -2.62. The van der Waals surface area contributed by atoms with Gasteiger partial charge in [-0.25, -0.2) is 13.4 Å². The molecule has 3 saturated heterocycles. The number of hydrogen-bond acceptors (Lipinski definition) is 8. The Morgan fingerprint density at radius 3 is 2.49 bits per heavy atom. The Bertz CT molecular complexity index is 2010. The van der Waals surface area contributed by atoms with Crippen molar-refractivity contribution >= 4 is 43.4 Å². The summed E-state index contributed by atoms with van der Waals surface area (Å²) < 4.78 is 34.2. The van der Waals surface area contributed by atoms with Crippen LogP contribution in [0.15, 0.2) is 36.4 Å². The van der Waals surface area contributed by atoms with Crippen LogP contribution >= 0.6 is 0 Å². The summed E-state index contributed by atoms with van der Waals surface area (Å²) in [5, 5.41) is 1.18. The van der Waals surface area contributed by atoms with Gasteiger partial charge in [-0.05, 0) is 67.9 Å². The van der Waals surface area contributed by atoms with Crippen molar-refractivity contribution in [3.05, 3.63) is 42.0 Å². The molecule has 2 saturated carbocycles. The number of amides is 1. The number of sulfone groups is 1. The number of imidazole rings is 1. The molecule has 12 heteroatoms. The van der Waals surface area contributed by atoms with Crippen LogP contribution in [0.1, 0.15) is 36.0 Å². The average Bonchev–Trinajstić information content (AvgIpc) is 3.45. The molecule has 2 bridgehead atoms. The number of nitrogens with two attached hydrogens (primary N) is 1. The van der Waals surface area contributed by atoms with Crippen LogP contribution in [0.25, 0.3) is 33.5 Å². The van der Waals surface area contributed by atoms with E-state index in [9.17, 15) is 13.2 Å². The van der Waals surface area contributed by atoms with E-state index in [0.717, 1.165) is 61.6 Å². The second-order valence-corrected chi connectivity index (χ2v) is 16.9. The van der Waals surface area contributed by atoms with Crippen LogP contribution in [0.3, 0.4) is 0 Å². The Hall–Kier alpha value is -3.61. The topological polar surface area (TPSA) is 119 Å². The molecule has 5 heterocycles. The summed E-state index contributed by atoms with van der Waals surface area (Å²) in [6.45, 7) is 4.77. The van der Waals surface area contributed by atoms with E-state index in [2.05, 4.69) is 43.2 Å². The van der Waals surface area contributed by atoms with Gasteiger partial charge in [0.25, 0.3) is 5.91 Å². The van der Waals surface area contributed by atoms with Gasteiger partial charge in [0.1, 0.15) is 11.3 Å². The van der Waals surface area contributed by atoms with E-state index < -0.39 is 9.84 Å². The average molecular weight is 658 g/mol. The summed E-state index contributed by atoms with van der Waals surface area (Å²) in [6, 6.07) is 13.3. The number of ether oxygens (including phenoxy) is 1. The molecule has 2 N–H and O–H groups in total. The molecule has 9 rings (SSSR count). The van der Waals surface area contributed by atoms with Gasteiger partial charge in [0.2, 0.25) is 0 Å². The minimum atomic E-state index is -2.88. The molecule has 0 spiro atoms. The third-order valence-electron chi connectivity index (χ3n) is 11.7.